The maximum atomic E-state index is 13.3. The number of methoxy groups -OCH3 is 1. The summed E-state index contributed by atoms with van der Waals surface area (Å²) < 4.78 is 10.7. The molecule has 0 spiro atoms. The number of nitrogens with zero attached hydrogens (tertiary/aromatic N) is 1. The molecule has 0 radical (unpaired) electrons. The third-order valence-electron chi connectivity index (χ3n) is 5.81. The summed E-state index contributed by atoms with van der Waals surface area (Å²) in [4.78, 5) is 33.9. The predicted molar refractivity (Wildman–Crippen MR) is 128 cm³/mol. The van der Waals surface area contributed by atoms with Gasteiger partial charge in [0.1, 0.15) is 5.82 Å². The van der Waals surface area contributed by atoms with Crippen molar-refractivity contribution >= 4 is 11.9 Å². The third kappa shape index (κ3) is 4.78. The summed E-state index contributed by atoms with van der Waals surface area (Å²) in [6, 6.07) is 19.5. The van der Waals surface area contributed by atoms with Crippen molar-refractivity contribution in [2.24, 2.45) is 0 Å². The van der Waals surface area contributed by atoms with Crippen LogP contribution in [-0.2, 0) is 25.5 Å². The minimum absolute atomic E-state index is 0.223. The Hall–Kier alpha value is -4.13. The molecule has 0 saturated carbocycles. The zero-order valence-electron chi connectivity index (χ0n) is 19.4. The number of carbonyl (C=O) groups is 2. The smallest absolute Gasteiger partial charge is 0.336 e. The third-order valence-corrected chi connectivity index (χ3v) is 5.81. The van der Waals surface area contributed by atoms with E-state index in [1.807, 2.05) is 60.7 Å². The van der Waals surface area contributed by atoms with E-state index in [-0.39, 0.29) is 6.61 Å². The van der Waals surface area contributed by atoms with Crippen molar-refractivity contribution < 1.29 is 19.1 Å². The first kappa shape index (κ1) is 23.0. The number of aromatic nitrogens is 2. The molecule has 1 aliphatic rings. The van der Waals surface area contributed by atoms with Crippen LogP contribution in [0, 0.1) is 0 Å². The minimum Gasteiger partial charge on any atom is -0.466 e. The van der Waals surface area contributed by atoms with E-state index in [9.17, 15) is 9.59 Å². The molecule has 2 N–H and O–H groups in total. The normalized spacial score (nSPS) is 15.7. The summed E-state index contributed by atoms with van der Waals surface area (Å²) >= 11 is 0. The summed E-state index contributed by atoms with van der Waals surface area (Å²) in [5, 5.41) is 3.15. The highest BCUT2D eigenvalue weighted by molar-refractivity contribution is 5.99. The highest BCUT2D eigenvalue weighted by Crippen LogP contribution is 2.39. The van der Waals surface area contributed by atoms with Gasteiger partial charge in [-0.2, -0.15) is 0 Å². The first-order valence-corrected chi connectivity index (χ1v) is 11.1. The monoisotopic (exact) mass is 457 g/mol. The number of hydrogen-bond acceptors (Lipinski definition) is 6. The lowest BCUT2D eigenvalue weighted by Crippen LogP contribution is -2.32. The molecule has 0 fully saturated rings. The van der Waals surface area contributed by atoms with E-state index in [1.54, 1.807) is 20.0 Å². The molecule has 2 heterocycles. The summed E-state index contributed by atoms with van der Waals surface area (Å²) in [5.41, 5.74) is 4.51. The Kier molecular flexibility index (Phi) is 6.92. The average molecular weight is 458 g/mol. The van der Waals surface area contributed by atoms with Gasteiger partial charge in [-0.1, -0.05) is 60.7 Å². The van der Waals surface area contributed by atoms with E-state index in [0.29, 0.717) is 40.5 Å². The highest BCUT2D eigenvalue weighted by Gasteiger charge is 2.39. The van der Waals surface area contributed by atoms with Gasteiger partial charge in [-0.15, -0.1) is 0 Å². The first-order chi connectivity index (χ1) is 16.5. The van der Waals surface area contributed by atoms with Crippen LogP contribution in [0.15, 0.2) is 89.4 Å². The Balaban J connectivity index is 1.66. The summed E-state index contributed by atoms with van der Waals surface area (Å²) in [5.74, 6) is -1.07. The first-order valence-electron chi connectivity index (χ1n) is 11.1. The molecule has 7 heteroatoms. The second kappa shape index (κ2) is 10.2. The Labute approximate surface area is 198 Å². The van der Waals surface area contributed by atoms with Crippen LogP contribution >= 0.6 is 0 Å². The van der Waals surface area contributed by atoms with Gasteiger partial charge in [-0.25, -0.2) is 14.6 Å². The molecule has 1 aliphatic heterocycles. The van der Waals surface area contributed by atoms with Crippen LogP contribution in [-0.4, -0.2) is 35.6 Å². The number of rotatable bonds is 7. The van der Waals surface area contributed by atoms with Gasteiger partial charge in [0.2, 0.25) is 0 Å². The van der Waals surface area contributed by atoms with Crippen LogP contribution < -0.4 is 5.32 Å². The predicted octanol–water partition coefficient (Wildman–Crippen LogP) is 4.27. The number of aromatic amines is 1. The van der Waals surface area contributed by atoms with Crippen molar-refractivity contribution in [2.75, 3.05) is 13.7 Å². The Morgan fingerprint density at radius 1 is 0.912 bits per heavy atom. The van der Waals surface area contributed by atoms with E-state index in [0.717, 1.165) is 11.1 Å². The molecule has 174 valence electrons. The van der Waals surface area contributed by atoms with Crippen molar-refractivity contribution in [3.8, 4) is 11.4 Å². The van der Waals surface area contributed by atoms with E-state index in [4.69, 9.17) is 9.47 Å². The lowest BCUT2D eigenvalue weighted by molar-refractivity contribution is -0.139. The fourth-order valence-electron chi connectivity index (χ4n) is 4.16. The van der Waals surface area contributed by atoms with Gasteiger partial charge in [0.05, 0.1) is 30.8 Å². The quantitative estimate of drug-likeness (QED) is 0.515. The average Bonchev–Trinajstić information content (AvgIpc) is 3.34. The van der Waals surface area contributed by atoms with Gasteiger partial charge >= 0.3 is 11.9 Å². The fraction of sp³-hybridized carbons (Fsp3) is 0.222. The van der Waals surface area contributed by atoms with Crippen LogP contribution in [0.1, 0.15) is 31.0 Å². The molecular weight excluding hydrogens is 430 g/mol. The van der Waals surface area contributed by atoms with Gasteiger partial charge in [0.15, 0.2) is 0 Å². The number of imidazole rings is 1. The van der Waals surface area contributed by atoms with Gasteiger partial charge in [0, 0.05) is 35.3 Å². The number of H-pyrrole nitrogens is 1. The molecule has 0 amide bonds. The lowest BCUT2D eigenvalue weighted by Gasteiger charge is -2.29. The van der Waals surface area contributed by atoms with Crippen molar-refractivity contribution in [3.05, 3.63) is 101 Å². The molecule has 0 aliphatic carbocycles. The number of nitrogens with one attached hydrogen (secondary N) is 2. The number of benzene rings is 2. The number of dihydropyridines is 1. The molecule has 7 nitrogen and oxygen atoms in total. The molecule has 1 atom stereocenters. The van der Waals surface area contributed by atoms with Crippen molar-refractivity contribution in [3.63, 3.8) is 0 Å². The standard InChI is InChI=1S/C27H27N3O4/c1-17-22(26(31)33-3)24(21-16-28-25(30-21)20-12-8-5-9-13-20)23(18(2)29-17)27(32)34-15-14-19-10-6-4-7-11-19/h4-13,16,24,29H,14-15H2,1-3H3,(H,28,30). The van der Waals surface area contributed by atoms with E-state index < -0.39 is 17.9 Å². The van der Waals surface area contributed by atoms with E-state index in [1.165, 1.54) is 7.11 Å². The second-order valence-corrected chi connectivity index (χ2v) is 8.05. The molecule has 1 aromatic heterocycles. The van der Waals surface area contributed by atoms with Gasteiger partial charge in [0.25, 0.3) is 0 Å². The highest BCUT2D eigenvalue weighted by atomic mass is 16.5. The zero-order valence-corrected chi connectivity index (χ0v) is 19.4. The molecule has 4 rings (SSSR count). The molecule has 34 heavy (non-hydrogen) atoms. The topological polar surface area (TPSA) is 93.3 Å². The van der Waals surface area contributed by atoms with Crippen LogP contribution in [0.3, 0.4) is 0 Å². The fourth-order valence-corrected chi connectivity index (χ4v) is 4.16. The Morgan fingerprint density at radius 3 is 2.18 bits per heavy atom. The van der Waals surface area contributed by atoms with Gasteiger partial charge in [-0.3, -0.25) is 0 Å². The second-order valence-electron chi connectivity index (χ2n) is 8.05. The van der Waals surface area contributed by atoms with Gasteiger partial charge in [-0.05, 0) is 19.4 Å². The maximum absolute atomic E-state index is 13.3. The molecule has 3 aromatic rings. The Morgan fingerprint density at radius 2 is 1.53 bits per heavy atom. The van der Waals surface area contributed by atoms with Crippen molar-refractivity contribution in [2.45, 2.75) is 26.2 Å². The van der Waals surface area contributed by atoms with Crippen molar-refractivity contribution in [1.82, 2.24) is 15.3 Å². The van der Waals surface area contributed by atoms with Crippen LogP contribution in [0.5, 0.6) is 0 Å². The molecule has 1 unspecified atom stereocenters. The van der Waals surface area contributed by atoms with Crippen LogP contribution in [0.25, 0.3) is 11.4 Å². The summed E-state index contributed by atoms with van der Waals surface area (Å²) in [6.45, 7) is 3.81. The van der Waals surface area contributed by atoms with E-state index in [2.05, 4.69) is 15.3 Å². The number of esters is 2. The van der Waals surface area contributed by atoms with Gasteiger partial charge < -0.3 is 19.8 Å². The summed E-state index contributed by atoms with van der Waals surface area (Å²) in [6.07, 6.45) is 2.25. The summed E-state index contributed by atoms with van der Waals surface area (Å²) in [7, 11) is 1.32. The molecular formula is C27H27N3O4. The van der Waals surface area contributed by atoms with Crippen LogP contribution in [0.4, 0.5) is 0 Å². The maximum Gasteiger partial charge on any atom is 0.336 e. The SMILES string of the molecule is COC(=O)C1=C(C)NC(C)=C(C(=O)OCCc2ccccc2)C1c1cnc(-c2ccccc2)[nH]1. The van der Waals surface area contributed by atoms with Crippen molar-refractivity contribution in [1.29, 1.82) is 0 Å². The molecule has 0 bridgehead atoms. The zero-order chi connectivity index (χ0) is 24.1. The number of ether oxygens (including phenoxy) is 2. The van der Waals surface area contributed by atoms with Crippen LogP contribution in [0.2, 0.25) is 0 Å². The Bertz CT molecular complexity index is 1240. The lowest BCUT2D eigenvalue weighted by atomic mass is 9.83. The minimum atomic E-state index is -0.706. The largest absolute Gasteiger partial charge is 0.466 e. The number of hydrogen-bond donors (Lipinski definition) is 2. The number of carbonyl (C=O) groups excluding carboxylic acids is 2. The van der Waals surface area contributed by atoms with E-state index >= 15 is 0 Å². The number of allylic oxidation sites excluding steroid dienone is 2. The molecule has 2 aromatic carbocycles. The molecule has 0 saturated heterocycles.